The lowest BCUT2D eigenvalue weighted by Crippen LogP contribution is -2.44. The summed E-state index contributed by atoms with van der Waals surface area (Å²) in [5, 5.41) is 3.55. The molecule has 17 heavy (non-hydrogen) atoms. The molecule has 3 atom stereocenters. The van der Waals surface area contributed by atoms with Crippen LogP contribution in [0.25, 0.3) is 0 Å². The quantitative estimate of drug-likeness (QED) is 0.792. The van der Waals surface area contributed by atoms with Crippen molar-refractivity contribution >= 4 is 0 Å². The van der Waals surface area contributed by atoms with Gasteiger partial charge < -0.3 is 10.2 Å². The van der Waals surface area contributed by atoms with Crippen LogP contribution in [-0.2, 0) is 0 Å². The third-order valence-corrected chi connectivity index (χ3v) is 4.91. The average Bonchev–Trinajstić information content (AvgIpc) is 2.85. The van der Waals surface area contributed by atoms with Gasteiger partial charge in [-0.3, -0.25) is 0 Å². The highest BCUT2D eigenvalue weighted by Gasteiger charge is 2.31. The molecular weight excluding hydrogens is 208 g/mol. The maximum atomic E-state index is 3.55. The molecule has 0 radical (unpaired) electrons. The van der Waals surface area contributed by atoms with Crippen molar-refractivity contribution in [3.05, 3.63) is 0 Å². The number of piperidine rings is 1. The summed E-state index contributed by atoms with van der Waals surface area (Å²) in [4.78, 5) is 2.79. The maximum Gasteiger partial charge on any atom is 0.0123 e. The molecule has 1 aliphatic heterocycles. The predicted octanol–water partition coefficient (Wildman–Crippen LogP) is 2.89. The topological polar surface area (TPSA) is 15.3 Å². The second-order valence-electron chi connectivity index (χ2n) is 5.97. The molecule has 1 aliphatic carbocycles. The van der Waals surface area contributed by atoms with Gasteiger partial charge in [0, 0.05) is 12.6 Å². The molecule has 2 heteroatoms. The highest BCUT2D eigenvalue weighted by atomic mass is 15.2. The maximum absolute atomic E-state index is 3.55. The summed E-state index contributed by atoms with van der Waals surface area (Å²) >= 11 is 0. The van der Waals surface area contributed by atoms with Gasteiger partial charge in [-0.25, -0.2) is 0 Å². The van der Waals surface area contributed by atoms with E-state index in [1.165, 1.54) is 64.7 Å². The van der Waals surface area contributed by atoms with Gasteiger partial charge >= 0.3 is 0 Å². The zero-order chi connectivity index (χ0) is 12.1. The zero-order valence-corrected chi connectivity index (χ0v) is 11.8. The van der Waals surface area contributed by atoms with E-state index >= 15 is 0 Å². The number of nitrogens with zero attached hydrogens (tertiary/aromatic N) is 1. The molecule has 1 N–H and O–H groups in total. The Balaban J connectivity index is 1.86. The van der Waals surface area contributed by atoms with Crippen LogP contribution >= 0.6 is 0 Å². The zero-order valence-electron chi connectivity index (χ0n) is 11.8. The number of nitrogens with one attached hydrogen (secondary N) is 1. The van der Waals surface area contributed by atoms with Gasteiger partial charge in [-0.1, -0.05) is 26.7 Å². The molecule has 2 rings (SSSR count). The SMILES string of the molecule is CCC1CCCC1N(CC)CC1CCCNC1. The Kier molecular flexibility index (Phi) is 5.30. The molecular formula is C15H30N2. The fraction of sp³-hybridized carbons (Fsp3) is 1.00. The van der Waals surface area contributed by atoms with E-state index in [1.807, 2.05) is 0 Å². The first kappa shape index (κ1) is 13.4. The number of rotatable bonds is 5. The smallest absolute Gasteiger partial charge is 0.0123 e. The lowest BCUT2D eigenvalue weighted by atomic mass is 9.95. The summed E-state index contributed by atoms with van der Waals surface area (Å²) in [5.74, 6) is 1.88. The van der Waals surface area contributed by atoms with Crippen LogP contribution in [0.1, 0.15) is 52.4 Å². The molecule has 2 nitrogen and oxygen atoms in total. The van der Waals surface area contributed by atoms with E-state index < -0.39 is 0 Å². The molecule has 0 amide bonds. The van der Waals surface area contributed by atoms with Crippen molar-refractivity contribution in [2.24, 2.45) is 11.8 Å². The molecule has 3 unspecified atom stereocenters. The fourth-order valence-corrected chi connectivity index (χ4v) is 3.88. The van der Waals surface area contributed by atoms with Crippen molar-refractivity contribution in [2.45, 2.75) is 58.4 Å². The summed E-state index contributed by atoms with van der Waals surface area (Å²) in [5.41, 5.74) is 0. The van der Waals surface area contributed by atoms with Gasteiger partial charge in [-0.2, -0.15) is 0 Å². The van der Waals surface area contributed by atoms with Crippen molar-refractivity contribution < 1.29 is 0 Å². The van der Waals surface area contributed by atoms with Gasteiger partial charge in [0.25, 0.3) is 0 Å². The van der Waals surface area contributed by atoms with Crippen molar-refractivity contribution in [2.75, 3.05) is 26.2 Å². The molecule has 0 aromatic heterocycles. The molecule has 1 saturated heterocycles. The first-order valence-corrected chi connectivity index (χ1v) is 7.79. The highest BCUT2D eigenvalue weighted by molar-refractivity contribution is 4.86. The summed E-state index contributed by atoms with van der Waals surface area (Å²) in [6.07, 6.45) is 8.58. The number of hydrogen-bond acceptors (Lipinski definition) is 2. The minimum absolute atomic E-state index is 0.895. The van der Waals surface area contributed by atoms with Crippen LogP contribution < -0.4 is 5.32 Å². The fourth-order valence-electron chi connectivity index (χ4n) is 3.88. The summed E-state index contributed by atoms with van der Waals surface area (Å²) in [6.45, 7) is 9.80. The third kappa shape index (κ3) is 3.45. The largest absolute Gasteiger partial charge is 0.316 e. The van der Waals surface area contributed by atoms with Crippen molar-refractivity contribution in [3.63, 3.8) is 0 Å². The second-order valence-corrected chi connectivity index (χ2v) is 5.97. The van der Waals surface area contributed by atoms with Crippen LogP contribution in [0.4, 0.5) is 0 Å². The van der Waals surface area contributed by atoms with Crippen molar-refractivity contribution in [1.82, 2.24) is 10.2 Å². The minimum atomic E-state index is 0.895. The minimum Gasteiger partial charge on any atom is -0.316 e. The van der Waals surface area contributed by atoms with Crippen molar-refractivity contribution in [1.29, 1.82) is 0 Å². The van der Waals surface area contributed by atoms with Gasteiger partial charge in [0.05, 0.1) is 0 Å². The van der Waals surface area contributed by atoms with Crippen LogP contribution in [0.3, 0.4) is 0 Å². The third-order valence-electron chi connectivity index (χ3n) is 4.91. The summed E-state index contributed by atoms with van der Waals surface area (Å²) in [7, 11) is 0. The van der Waals surface area contributed by atoms with Gasteiger partial charge in [0.2, 0.25) is 0 Å². The van der Waals surface area contributed by atoms with E-state index in [9.17, 15) is 0 Å². The Bertz CT molecular complexity index is 211. The van der Waals surface area contributed by atoms with E-state index in [1.54, 1.807) is 0 Å². The first-order chi connectivity index (χ1) is 8.35. The molecule has 0 bridgehead atoms. The Morgan fingerprint density at radius 1 is 1.12 bits per heavy atom. The normalized spacial score (nSPS) is 34.4. The van der Waals surface area contributed by atoms with Gasteiger partial charge in [0.15, 0.2) is 0 Å². The molecule has 1 saturated carbocycles. The molecule has 1 heterocycles. The van der Waals surface area contributed by atoms with E-state index in [-0.39, 0.29) is 0 Å². The van der Waals surface area contributed by atoms with Crippen molar-refractivity contribution in [3.8, 4) is 0 Å². The molecule has 100 valence electrons. The molecule has 0 aromatic carbocycles. The van der Waals surface area contributed by atoms with E-state index in [2.05, 4.69) is 24.1 Å². The summed E-state index contributed by atoms with van der Waals surface area (Å²) < 4.78 is 0. The summed E-state index contributed by atoms with van der Waals surface area (Å²) in [6, 6.07) is 0.895. The van der Waals surface area contributed by atoms with Gasteiger partial charge in [-0.05, 0) is 57.2 Å². The predicted molar refractivity (Wildman–Crippen MR) is 74.3 cm³/mol. The molecule has 2 aliphatic rings. The van der Waals surface area contributed by atoms with Crippen LogP contribution in [-0.4, -0.2) is 37.1 Å². The lowest BCUT2D eigenvalue weighted by molar-refractivity contribution is 0.131. The van der Waals surface area contributed by atoms with E-state index in [4.69, 9.17) is 0 Å². The van der Waals surface area contributed by atoms with Gasteiger partial charge in [0.1, 0.15) is 0 Å². The molecule has 0 aromatic rings. The Hall–Kier alpha value is -0.0800. The lowest BCUT2D eigenvalue weighted by Gasteiger charge is -2.36. The highest BCUT2D eigenvalue weighted by Crippen LogP contribution is 2.32. The average molecular weight is 238 g/mol. The Labute approximate surface area is 107 Å². The van der Waals surface area contributed by atoms with E-state index in [0.717, 1.165) is 17.9 Å². The molecule has 2 fully saturated rings. The standard InChI is InChI=1S/C15H30N2/c1-3-14-8-5-9-15(14)17(4-2)12-13-7-6-10-16-11-13/h13-16H,3-12H2,1-2H3. The number of hydrogen-bond donors (Lipinski definition) is 1. The monoisotopic (exact) mass is 238 g/mol. The van der Waals surface area contributed by atoms with Gasteiger partial charge in [-0.15, -0.1) is 0 Å². The van der Waals surface area contributed by atoms with Crippen LogP contribution in [0, 0.1) is 11.8 Å². The second kappa shape index (κ2) is 6.75. The van der Waals surface area contributed by atoms with Crippen LogP contribution in [0.15, 0.2) is 0 Å². The Morgan fingerprint density at radius 2 is 2.00 bits per heavy atom. The Morgan fingerprint density at radius 3 is 2.65 bits per heavy atom. The van der Waals surface area contributed by atoms with Crippen LogP contribution in [0.5, 0.6) is 0 Å². The van der Waals surface area contributed by atoms with Crippen LogP contribution in [0.2, 0.25) is 0 Å². The molecule has 0 spiro atoms. The van der Waals surface area contributed by atoms with E-state index in [0.29, 0.717) is 0 Å². The first-order valence-electron chi connectivity index (χ1n) is 7.79.